The number of hydrogen-bond acceptors (Lipinski definition) is 2. The molecule has 1 aromatic rings. The van der Waals surface area contributed by atoms with Gasteiger partial charge in [-0.2, -0.15) is 0 Å². The lowest BCUT2D eigenvalue weighted by Crippen LogP contribution is -2.43. The molecule has 1 amide bonds. The van der Waals surface area contributed by atoms with Gasteiger partial charge in [0.2, 0.25) is 5.91 Å². The Morgan fingerprint density at radius 3 is 2.52 bits per heavy atom. The van der Waals surface area contributed by atoms with Crippen molar-refractivity contribution in [1.82, 2.24) is 15.5 Å². The number of aliphatic imine (C=N–C) groups is 1. The van der Waals surface area contributed by atoms with Crippen molar-refractivity contribution in [3.05, 3.63) is 34.9 Å². The van der Waals surface area contributed by atoms with Crippen LogP contribution in [0.3, 0.4) is 0 Å². The van der Waals surface area contributed by atoms with E-state index in [1.54, 1.807) is 7.05 Å². The fourth-order valence-electron chi connectivity index (χ4n) is 1.81. The molecule has 1 aromatic carbocycles. The van der Waals surface area contributed by atoms with E-state index in [1.807, 2.05) is 43.1 Å². The smallest absolute Gasteiger partial charge is 0.239 e. The van der Waals surface area contributed by atoms with Crippen molar-refractivity contribution in [1.29, 1.82) is 0 Å². The van der Waals surface area contributed by atoms with Crippen molar-refractivity contribution in [2.45, 2.75) is 19.9 Å². The largest absolute Gasteiger partial charge is 0.355 e. The summed E-state index contributed by atoms with van der Waals surface area (Å²) in [6.45, 7) is 3.62. The van der Waals surface area contributed by atoms with Gasteiger partial charge in [0.05, 0.1) is 6.54 Å². The van der Waals surface area contributed by atoms with Crippen LogP contribution in [-0.4, -0.2) is 44.0 Å². The zero-order chi connectivity index (χ0) is 15.7. The van der Waals surface area contributed by atoms with Crippen molar-refractivity contribution in [2.75, 3.05) is 27.2 Å². The molecule has 0 aliphatic carbocycles. The Bertz CT molecular complexity index is 473. The van der Waals surface area contributed by atoms with E-state index in [4.69, 9.17) is 11.6 Å². The molecule has 0 saturated carbocycles. The van der Waals surface area contributed by atoms with E-state index in [-0.39, 0.29) is 12.5 Å². The van der Waals surface area contributed by atoms with E-state index in [9.17, 15) is 4.79 Å². The number of hydrogen-bond donors (Lipinski definition) is 2. The van der Waals surface area contributed by atoms with Crippen molar-refractivity contribution in [2.24, 2.45) is 4.99 Å². The van der Waals surface area contributed by atoms with Crippen LogP contribution in [0.5, 0.6) is 0 Å². The van der Waals surface area contributed by atoms with Crippen LogP contribution >= 0.6 is 11.6 Å². The van der Waals surface area contributed by atoms with E-state index in [0.29, 0.717) is 19.0 Å². The fourth-order valence-corrected chi connectivity index (χ4v) is 1.94. The molecule has 0 radical (unpaired) electrons. The average molecular weight is 311 g/mol. The van der Waals surface area contributed by atoms with E-state index in [1.165, 1.54) is 0 Å². The highest BCUT2D eigenvalue weighted by Crippen LogP contribution is 2.10. The summed E-state index contributed by atoms with van der Waals surface area (Å²) in [7, 11) is 3.62. The molecule has 0 fully saturated rings. The number of nitrogens with zero attached hydrogens (tertiary/aromatic N) is 2. The SMILES string of the molecule is CCCNC(=O)CNC(=NC)N(C)Cc1ccc(Cl)cc1. The first-order chi connectivity index (χ1) is 10.1. The zero-order valence-electron chi connectivity index (χ0n) is 12.8. The molecule has 0 aliphatic rings. The van der Waals surface area contributed by atoms with Crippen LogP contribution in [0.15, 0.2) is 29.3 Å². The maximum atomic E-state index is 11.6. The van der Waals surface area contributed by atoms with Gasteiger partial charge in [0.1, 0.15) is 0 Å². The monoisotopic (exact) mass is 310 g/mol. The molecule has 2 N–H and O–H groups in total. The molecule has 21 heavy (non-hydrogen) atoms. The molecule has 0 spiro atoms. The standard InChI is InChI=1S/C15H23ClN4O/c1-4-9-18-14(21)10-19-15(17-2)20(3)11-12-5-7-13(16)8-6-12/h5-8H,4,9-11H2,1-3H3,(H,17,19)(H,18,21). The Hall–Kier alpha value is -1.75. The Morgan fingerprint density at radius 2 is 1.95 bits per heavy atom. The first-order valence-electron chi connectivity index (χ1n) is 6.99. The molecule has 0 aliphatic heterocycles. The second kappa shape index (κ2) is 9.23. The van der Waals surface area contributed by atoms with Crippen LogP contribution in [0.4, 0.5) is 0 Å². The summed E-state index contributed by atoms with van der Waals surface area (Å²) in [5.74, 6) is 0.648. The van der Waals surface area contributed by atoms with Gasteiger partial charge >= 0.3 is 0 Å². The molecule has 1 rings (SSSR count). The number of benzene rings is 1. The van der Waals surface area contributed by atoms with Gasteiger partial charge in [0.25, 0.3) is 0 Å². The lowest BCUT2D eigenvalue weighted by Gasteiger charge is -2.22. The van der Waals surface area contributed by atoms with Gasteiger partial charge in [-0.1, -0.05) is 30.7 Å². The lowest BCUT2D eigenvalue weighted by atomic mass is 10.2. The van der Waals surface area contributed by atoms with Crippen molar-refractivity contribution < 1.29 is 4.79 Å². The van der Waals surface area contributed by atoms with Gasteiger partial charge in [0.15, 0.2) is 5.96 Å². The third-order valence-electron chi connectivity index (χ3n) is 2.89. The molecule has 0 heterocycles. The van der Waals surface area contributed by atoms with Gasteiger partial charge < -0.3 is 15.5 Å². The van der Waals surface area contributed by atoms with E-state index >= 15 is 0 Å². The zero-order valence-corrected chi connectivity index (χ0v) is 13.6. The highest BCUT2D eigenvalue weighted by atomic mass is 35.5. The predicted octanol–water partition coefficient (Wildman–Crippen LogP) is 1.87. The van der Waals surface area contributed by atoms with Crippen molar-refractivity contribution >= 4 is 23.5 Å². The normalized spacial score (nSPS) is 11.1. The average Bonchev–Trinajstić information content (AvgIpc) is 2.48. The fraction of sp³-hybridized carbons (Fsp3) is 0.467. The highest BCUT2D eigenvalue weighted by Gasteiger charge is 2.08. The second-order valence-electron chi connectivity index (χ2n) is 4.73. The Labute approximate surface area is 131 Å². The number of guanidine groups is 1. The number of carbonyl (C=O) groups excluding carboxylic acids is 1. The first-order valence-corrected chi connectivity index (χ1v) is 7.37. The van der Waals surface area contributed by atoms with Crippen LogP contribution in [0, 0.1) is 0 Å². The summed E-state index contributed by atoms with van der Waals surface area (Å²) in [4.78, 5) is 17.7. The third-order valence-corrected chi connectivity index (χ3v) is 3.14. The predicted molar refractivity (Wildman–Crippen MR) is 87.6 cm³/mol. The quantitative estimate of drug-likeness (QED) is 0.623. The number of rotatable bonds is 6. The van der Waals surface area contributed by atoms with Crippen LogP contribution in [0.1, 0.15) is 18.9 Å². The molecule has 0 unspecified atom stereocenters. The second-order valence-corrected chi connectivity index (χ2v) is 5.17. The molecule has 0 atom stereocenters. The maximum Gasteiger partial charge on any atom is 0.239 e. The van der Waals surface area contributed by atoms with E-state index < -0.39 is 0 Å². The van der Waals surface area contributed by atoms with Crippen LogP contribution < -0.4 is 10.6 Å². The van der Waals surface area contributed by atoms with Crippen LogP contribution in [-0.2, 0) is 11.3 Å². The molecule has 6 heteroatoms. The van der Waals surface area contributed by atoms with Gasteiger partial charge in [-0.25, -0.2) is 0 Å². The summed E-state index contributed by atoms with van der Waals surface area (Å²) >= 11 is 5.87. The summed E-state index contributed by atoms with van der Waals surface area (Å²) < 4.78 is 0. The van der Waals surface area contributed by atoms with E-state index in [2.05, 4.69) is 15.6 Å². The topological polar surface area (TPSA) is 56.7 Å². The number of nitrogens with one attached hydrogen (secondary N) is 2. The van der Waals surface area contributed by atoms with Crippen LogP contribution in [0.2, 0.25) is 5.02 Å². The van der Waals surface area contributed by atoms with Gasteiger partial charge in [-0.15, -0.1) is 0 Å². The number of halogens is 1. The minimum atomic E-state index is -0.0297. The summed E-state index contributed by atoms with van der Waals surface area (Å²) in [5.41, 5.74) is 1.13. The molecular formula is C15H23ClN4O. The van der Waals surface area contributed by atoms with Crippen molar-refractivity contribution in [3.8, 4) is 0 Å². The maximum absolute atomic E-state index is 11.6. The minimum absolute atomic E-state index is 0.0297. The molecule has 116 valence electrons. The molecule has 0 aromatic heterocycles. The Balaban J connectivity index is 2.48. The Morgan fingerprint density at radius 1 is 1.29 bits per heavy atom. The highest BCUT2D eigenvalue weighted by molar-refractivity contribution is 6.30. The number of amides is 1. The van der Waals surface area contributed by atoms with Gasteiger partial charge in [-0.3, -0.25) is 9.79 Å². The summed E-state index contributed by atoms with van der Waals surface area (Å²) in [6.07, 6.45) is 0.928. The third kappa shape index (κ3) is 6.49. The summed E-state index contributed by atoms with van der Waals surface area (Å²) in [5, 5.41) is 6.58. The van der Waals surface area contributed by atoms with Crippen LogP contribution in [0.25, 0.3) is 0 Å². The van der Waals surface area contributed by atoms with Gasteiger partial charge in [-0.05, 0) is 24.1 Å². The van der Waals surface area contributed by atoms with E-state index in [0.717, 1.165) is 17.0 Å². The minimum Gasteiger partial charge on any atom is -0.355 e. The Kier molecular flexibility index (Phi) is 7.61. The molecule has 0 saturated heterocycles. The van der Waals surface area contributed by atoms with Crippen molar-refractivity contribution in [3.63, 3.8) is 0 Å². The molecule has 5 nitrogen and oxygen atoms in total. The lowest BCUT2D eigenvalue weighted by molar-refractivity contribution is -0.120. The molecular weight excluding hydrogens is 288 g/mol. The summed E-state index contributed by atoms with van der Waals surface area (Å²) in [6, 6.07) is 7.67. The first kappa shape index (κ1) is 17.3. The number of carbonyl (C=O) groups is 1. The van der Waals surface area contributed by atoms with Gasteiger partial charge in [0, 0.05) is 32.2 Å². The molecule has 0 bridgehead atoms.